The number of carbonyl (C=O) groups is 3. The number of nitrogens with zero attached hydrogens (tertiary/aromatic N) is 1. The van der Waals surface area contributed by atoms with Gasteiger partial charge in [0.2, 0.25) is 5.91 Å². The van der Waals surface area contributed by atoms with E-state index in [0.29, 0.717) is 47.2 Å². The topological polar surface area (TPSA) is 75.7 Å². The van der Waals surface area contributed by atoms with E-state index in [4.69, 9.17) is 27.9 Å². The second-order valence-corrected chi connectivity index (χ2v) is 12.0. The lowest BCUT2D eigenvalue weighted by atomic mass is 9.59. The number of rotatable bonds is 2. The Kier molecular flexibility index (Phi) is 6.61. The zero-order chi connectivity index (χ0) is 26.5. The molecule has 2 aliphatic heterocycles. The van der Waals surface area contributed by atoms with Gasteiger partial charge in [-0.3, -0.25) is 9.59 Å². The van der Waals surface area contributed by atoms with E-state index in [9.17, 15) is 14.4 Å². The lowest BCUT2D eigenvalue weighted by Gasteiger charge is -2.42. The molecule has 0 aromatic heterocycles. The molecule has 1 aromatic rings. The highest BCUT2D eigenvalue weighted by Crippen LogP contribution is 2.54. The normalized spacial score (nSPS) is 27.4. The smallest absolute Gasteiger partial charge is 0.410 e. The first-order valence-electron chi connectivity index (χ1n) is 12.6. The Bertz CT molecular complexity index is 1300. The highest BCUT2D eigenvalue weighted by molar-refractivity contribution is 6.31. The van der Waals surface area contributed by atoms with Crippen molar-refractivity contribution in [2.75, 3.05) is 18.4 Å². The van der Waals surface area contributed by atoms with Crippen LogP contribution in [0.25, 0.3) is 0 Å². The predicted octanol–water partition coefficient (Wildman–Crippen LogP) is 6.31. The summed E-state index contributed by atoms with van der Waals surface area (Å²) in [6, 6.07) is 5.42. The van der Waals surface area contributed by atoms with E-state index in [-0.39, 0.29) is 36.0 Å². The molecule has 2 amide bonds. The summed E-state index contributed by atoms with van der Waals surface area (Å²) in [7, 11) is 0. The number of nitrogens with one attached hydrogen (secondary N) is 1. The van der Waals surface area contributed by atoms with E-state index in [2.05, 4.69) is 5.32 Å². The molecule has 1 aromatic carbocycles. The summed E-state index contributed by atoms with van der Waals surface area (Å²) in [4.78, 5) is 41.5. The van der Waals surface area contributed by atoms with E-state index in [0.717, 1.165) is 11.1 Å². The number of benzene rings is 1. The molecule has 6 nitrogen and oxygen atoms in total. The average Bonchev–Trinajstić information content (AvgIpc) is 3.09. The Labute approximate surface area is 227 Å². The molecule has 4 aliphatic rings. The van der Waals surface area contributed by atoms with Gasteiger partial charge in [0.15, 0.2) is 5.78 Å². The molecule has 194 valence electrons. The minimum absolute atomic E-state index is 0.00174. The Morgan fingerprint density at radius 3 is 2.65 bits per heavy atom. The van der Waals surface area contributed by atoms with Crippen molar-refractivity contribution < 1.29 is 19.1 Å². The van der Waals surface area contributed by atoms with Crippen molar-refractivity contribution in [2.24, 2.45) is 11.8 Å². The van der Waals surface area contributed by atoms with Crippen LogP contribution in [0.3, 0.4) is 0 Å². The molecule has 0 saturated carbocycles. The number of anilines is 1. The zero-order valence-corrected chi connectivity index (χ0v) is 22.7. The van der Waals surface area contributed by atoms with Crippen molar-refractivity contribution in [3.63, 3.8) is 0 Å². The molecule has 1 spiro atoms. The van der Waals surface area contributed by atoms with Crippen LogP contribution in [0.15, 0.2) is 64.8 Å². The van der Waals surface area contributed by atoms with Gasteiger partial charge in [-0.2, -0.15) is 0 Å². The Morgan fingerprint density at radius 1 is 1.19 bits per heavy atom. The molecule has 5 rings (SSSR count). The van der Waals surface area contributed by atoms with Crippen molar-refractivity contribution in [1.82, 2.24) is 4.90 Å². The maximum atomic E-state index is 13.8. The number of ether oxygens (including phenoxy) is 1. The third kappa shape index (κ3) is 4.77. The number of ketones is 1. The molecule has 37 heavy (non-hydrogen) atoms. The standard InChI is InChI=1S/C29H30Cl2N2O4/c1-28(2,3)37-27(36)33-11-9-17(10-12-33)21-16-29(22-8-7-20(31)14-24(22)32-26(29)35)23(15-25(21)34)18-5-4-6-19(30)13-18/h4-9,14,16,18,23H,10-13,15H2,1-3H3,(H,32,35)/t18?,23-,29-/m0/s1. The second-order valence-electron chi connectivity index (χ2n) is 11.1. The lowest BCUT2D eigenvalue weighted by molar-refractivity contribution is -0.124. The van der Waals surface area contributed by atoms with E-state index in [1.165, 1.54) is 0 Å². The monoisotopic (exact) mass is 540 g/mol. The van der Waals surface area contributed by atoms with Crippen LogP contribution < -0.4 is 5.32 Å². The van der Waals surface area contributed by atoms with Crippen molar-refractivity contribution >= 4 is 46.7 Å². The molecule has 0 bridgehead atoms. The number of fused-ring (bicyclic) bond motifs is 2. The molecular weight excluding hydrogens is 511 g/mol. The molecule has 1 N–H and O–H groups in total. The van der Waals surface area contributed by atoms with Gasteiger partial charge in [-0.15, -0.1) is 0 Å². The summed E-state index contributed by atoms with van der Waals surface area (Å²) >= 11 is 12.6. The first-order valence-corrected chi connectivity index (χ1v) is 13.3. The first-order chi connectivity index (χ1) is 17.5. The summed E-state index contributed by atoms with van der Waals surface area (Å²) in [5.41, 5.74) is 1.29. The van der Waals surface area contributed by atoms with E-state index in [1.807, 2.05) is 57.2 Å². The summed E-state index contributed by atoms with van der Waals surface area (Å²) in [6.07, 6.45) is 10.5. The van der Waals surface area contributed by atoms with Gasteiger partial charge in [-0.05, 0) is 74.8 Å². The molecule has 2 aliphatic carbocycles. The van der Waals surface area contributed by atoms with Gasteiger partial charge in [0.05, 0.1) is 5.41 Å². The molecule has 2 heterocycles. The Morgan fingerprint density at radius 2 is 1.97 bits per heavy atom. The third-order valence-corrected chi connectivity index (χ3v) is 8.02. The quantitative estimate of drug-likeness (QED) is 0.476. The average molecular weight is 541 g/mol. The largest absolute Gasteiger partial charge is 0.444 e. The Balaban J connectivity index is 1.54. The molecular formula is C29H30Cl2N2O4. The van der Waals surface area contributed by atoms with Crippen molar-refractivity contribution in [3.8, 4) is 0 Å². The molecule has 0 fully saturated rings. The number of hydrogen-bond acceptors (Lipinski definition) is 4. The summed E-state index contributed by atoms with van der Waals surface area (Å²) < 4.78 is 5.50. The van der Waals surface area contributed by atoms with Crippen LogP contribution in [0, 0.1) is 11.8 Å². The van der Waals surface area contributed by atoms with Crippen LogP contribution in [0.2, 0.25) is 5.02 Å². The first kappa shape index (κ1) is 25.8. The summed E-state index contributed by atoms with van der Waals surface area (Å²) in [6.45, 7) is 6.28. The molecule has 0 radical (unpaired) electrons. The molecule has 3 atom stereocenters. The fourth-order valence-electron chi connectivity index (χ4n) is 5.83. The van der Waals surface area contributed by atoms with E-state index >= 15 is 0 Å². The highest BCUT2D eigenvalue weighted by Gasteiger charge is 2.56. The lowest BCUT2D eigenvalue weighted by Crippen LogP contribution is -2.48. The van der Waals surface area contributed by atoms with Crippen LogP contribution in [-0.4, -0.2) is 41.4 Å². The van der Waals surface area contributed by atoms with Gasteiger partial charge in [0.25, 0.3) is 0 Å². The van der Waals surface area contributed by atoms with Crippen molar-refractivity contribution in [3.05, 3.63) is 75.3 Å². The molecule has 8 heteroatoms. The van der Waals surface area contributed by atoms with Crippen molar-refractivity contribution in [2.45, 2.75) is 51.0 Å². The minimum atomic E-state index is -1.03. The van der Waals surface area contributed by atoms with E-state index < -0.39 is 11.0 Å². The fraction of sp³-hybridized carbons (Fsp3) is 0.414. The predicted molar refractivity (Wildman–Crippen MR) is 145 cm³/mol. The third-order valence-electron chi connectivity index (χ3n) is 7.50. The summed E-state index contributed by atoms with van der Waals surface area (Å²) in [5.74, 6) is -0.533. The van der Waals surface area contributed by atoms with Crippen LogP contribution >= 0.6 is 23.2 Å². The van der Waals surface area contributed by atoms with E-state index in [1.54, 1.807) is 17.0 Å². The minimum Gasteiger partial charge on any atom is -0.444 e. The van der Waals surface area contributed by atoms with Gasteiger partial charge in [0.1, 0.15) is 5.60 Å². The van der Waals surface area contributed by atoms with Crippen LogP contribution in [-0.2, 0) is 19.7 Å². The van der Waals surface area contributed by atoms with Gasteiger partial charge in [-0.1, -0.05) is 53.6 Å². The van der Waals surface area contributed by atoms with Gasteiger partial charge in [-0.25, -0.2) is 4.79 Å². The maximum Gasteiger partial charge on any atom is 0.410 e. The molecule has 0 saturated heterocycles. The highest BCUT2D eigenvalue weighted by atomic mass is 35.5. The number of halogens is 2. The fourth-order valence-corrected chi connectivity index (χ4v) is 6.26. The Hall–Kier alpha value is -2.83. The van der Waals surface area contributed by atoms with Crippen LogP contribution in [0.4, 0.5) is 10.5 Å². The van der Waals surface area contributed by atoms with Gasteiger partial charge in [0, 0.05) is 40.8 Å². The number of carbonyl (C=O) groups excluding carboxylic acids is 3. The number of allylic oxidation sites excluding steroid dienone is 5. The zero-order valence-electron chi connectivity index (χ0n) is 21.1. The number of amides is 2. The number of hydrogen-bond donors (Lipinski definition) is 1. The van der Waals surface area contributed by atoms with Crippen LogP contribution in [0.5, 0.6) is 0 Å². The van der Waals surface area contributed by atoms with Gasteiger partial charge >= 0.3 is 6.09 Å². The van der Waals surface area contributed by atoms with Crippen molar-refractivity contribution in [1.29, 1.82) is 0 Å². The second kappa shape index (κ2) is 9.48. The SMILES string of the molecule is CC(C)(C)OC(=O)N1CC=C(C2=C[C@@]3(C(=O)Nc4cc(Cl)ccc43)[C@H](C3C=CC=C(Cl)C3)CC2=O)CC1. The summed E-state index contributed by atoms with van der Waals surface area (Å²) in [5, 5.41) is 4.26. The van der Waals surface area contributed by atoms with Crippen LogP contribution in [0.1, 0.15) is 45.6 Å². The number of Topliss-reactive ketones (excluding diaryl/α,β-unsaturated/α-hetero) is 1. The maximum absolute atomic E-state index is 13.8. The molecule has 1 unspecified atom stereocenters. The van der Waals surface area contributed by atoms with Gasteiger partial charge < -0.3 is 15.0 Å².